The summed E-state index contributed by atoms with van der Waals surface area (Å²) >= 11 is 0. The lowest BCUT2D eigenvalue weighted by Gasteiger charge is -2.07. The number of nitro benzene ring substituents is 1. The number of nitro groups is 1. The number of hydrogen-bond acceptors (Lipinski definition) is 7. The van der Waals surface area contributed by atoms with Crippen molar-refractivity contribution in [3.05, 3.63) is 62.6 Å². The minimum Gasteiger partial charge on any atom is -0.454 e. The maximum atomic E-state index is 12.2. The second-order valence-corrected chi connectivity index (χ2v) is 5.83. The molecule has 0 unspecified atom stereocenters. The molecular weight excluding hydrogens is 358 g/mol. The standard InChI is InChI=1S/C17H13N3O7/c21-16(18-7-10-1-4-13-15(5-10)26-9-25-13)8-19-12-3-2-11(20(23)24)6-14(12)27-17(19)22/h1-6H,7-9H2,(H,18,21). The minimum absolute atomic E-state index is 0.0535. The maximum absolute atomic E-state index is 12.2. The van der Waals surface area contributed by atoms with Crippen molar-refractivity contribution in [1.29, 1.82) is 0 Å². The molecule has 1 N–H and O–H groups in total. The number of non-ortho nitro benzene ring substituents is 1. The highest BCUT2D eigenvalue weighted by Crippen LogP contribution is 2.32. The van der Waals surface area contributed by atoms with E-state index in [1.54, 1.807) is 18.2 Å². The second-order valence-electron chi connectivity index (χ2n) is 5.83. The SMILES string of the molecule is O=C(Cn1c(=O)oc2cc([N+](=O)[O-])ccc21)NCc1ccc2c(c1)OCO2. The van der Waals surface area contributed by atoms with E-state index in [9.17, 15) is 19.7 Å². The van der Waals surface area contributed by atoms with E-state index in [0.29, 0.717) is 17.0 Å². The number of hydrogen-bond donors (Lipinski definition) is 1. The van der Waals surface area contributed by atoms with Gasteiger partial charge in [-0.1, -0.05) is 6.07 Å². The highest BCUT2D eigenvalue weighted by molar-refractivity contribution is 5.80. The molecule has 0 bridgehead atoms. The Bertz CT molecular complexity index is 1120. The molecule has 10 heteroatoms. The lowest BCUT2D eigenvalue weighted by molar-refractivity contribution is -0.384. The van der Waals surface area contributed by atoms with Crippen molar-refractivity contribution in [3.63, 3.8) is 0 Å². The summed E-state index contributed by atoms with van der Waals surface area (Å²) in [6.07, 6.45) is 0. The van der Waals surface area contributed by atoms with Crippen LogP contribution in [0.1, 0.15) is 5.56 Å². The number of amides is 1. The predicted octanol–water partition coefficient (Wildman–Crippen LogP) is 1.55. The topological polar surface area (TPSA) is 126 Å². The van der Waals surface area contributed by atoms with Gasteiger partial charge in [-0.05, 0) is 23.8 Å². The van der Waals surface area contributed by atoms with Crippen molar-refractivity contribution in [1.82, 2.24) is 9.88 Å². The van der Waals surface area contributed by atoms with Crippen LogP contribution in [0.15, 0.2) is 45.6 Å². The molecule has 10 nitrogen and oxygen atoms in total. The van der Waals surface area contributed by atoms with Crippen molar-refractivity contribution in [2.45, 2.75) is 13.1 Å². The minimum atomic E-state index is -0.760. The molecule has 1 amide bonds. The first kappa shape index (κ1) is 16.6. The van der Waals surface area contributed by atoms with Crippen molar-refractivity contribution in [3.8, 4) is 11.5 Å². The van der Waals surface area contributed by atoms with Crippen molar-refractivity contribution >= 4 is 22.7 Å². The number of nitrogens with zero attached hydrogens (tertiary/aromatic N) is 2. The van der Waals surface area contributed by atoms with Crippen LogP contribution in [0.3, 0.4) is 0 Å². The number of aromatic nitrogens is 1. The third kappa shape index (κ3) is 3.19. The Kier molecular flexibility index (Phi) is 3.99. The van der Waals surface area contributed by atoms with Crippen LogP contribution in [0, 0.1) is 10.1 Å². The zero-order chi connectivity index (χ0) is 19.0. The van der Waals surface area contributed by atoms with Gasteiger partial charge in [0.25, 0.3) is 5.69 Å². The van der Waals surface area contributed by atoms with E-state index in [0.717, 1.165) is 16.2 Å². The number of ether oxygens (including phenoxy) is 2. The van der Waals surface area contributed by atoms with Crippen LogP contribution < -0.4 is 20.5 Å². The first-order chi connectivity index (χ1) is 13.0. The molecule has 1 aromatic heterocycles. The largest absolute Gasteiger partial charge is 0.454 e. The molecule has 1 aliphatic rings. The fourth-order valence-electron chi connectivity index (χ4n) is 2.77. The summed E-state index contributed by atoms with van der Waals surface area (Å²) in [5.74, 6) is 0.0931. The first-order valence-corrected chi connectivity index (χ1v) is 7.94. The quantitative estimate of drug-likeness (QED) is 0.532. The number of fused-ring (bicyclic) bond motifs is 2. The van der Waals surface area contributed by atoms with Crippen molar-refractivity contribution in [2.24, 2.45) is 0 Å². The van der Waals surface area contributed by atoms with Crippen LogP contribution in [-0.2, 0) is 17.9 Å². The normalized spacial score (nSPS) is 12.3. The van der Waals surface area contributed by atoms with Gasteiger partial charge in [-0.2, -0.15) is 0 Å². The Balaban J connectivity index is 1.47. The van der Waals surface area contributed by atoms with Gasteiger partial charge in [-0.25, -0.2) is 4.79 Å². The van der Waals surface area contributed by atoms with E-state index in [1.165, 1.54) is 12.1 Å². The van der Waals surface area contributed by atoms with Crippen LogP contribution in [0.2, 0.25) is 0 Å². The summed E-state index contributed by atoms with van der Waals surface area (Å²) in [4.78, 5) is 34.4. The van der Waals surface area contributed by atoms with Gasteiger partial charge in [-0.3, -0.25) is 19.5 Å². The van der Waals surface area contributed by atoms with E-state index < -0.39 is 16.6 Å². The molecule has 2 heterocycles. The van der Waals surface area contributed by atoms with E-state index in [2.05, 4.69) is 5.32 Å². The molecule has 2 aromatic carbocycles. The molecule has 4 rings (SSSR count). The molecule has 0 radical (unpaired) electrons. The van der Waals surface area contributed by atoms with Crippen LogP contribution >= 0.6 is 0 Å². The summed E-state index contributed by atoms with van der Waals surface area (Å²) < 4.78 is 16.6. The Morgan fingerprint density at radius 2 is 2.00 bits per heavy atom. The van der Waals surface area contributed by atoms with Gasteiger partial charge >= 0.3 is 5.76 Å². The van der Waals surface area contributed by atoms with E-state index >= 15 is 0 Å². The molecule has 0 saturated carbocycles. The van der Waals surface area contributed by atoms with Crippen LogP contribution in [0.4, 0.5) is 5.69 Å². The summed E-state index contributed by atoms with van der Waals surface area (Å²) in [5.41, 5.74) is 0.977. The molecule has 138 valence electrons. The van der Waals surface area contributed by atoms with Gasteiger partial charge < -0.3 is 19.2 Å². The van der Waals surface area contributed by atoms with Crippen LogP contribution in [0.5, 0.6) is 11.5 Å². The molecule has 0 atom stereocenters. The average Bonchev–Trinajstić information content (AvgIpc) is 3.23. The number of carbonyl (C=O) groups is 1. The lowest BCUT2D eigenvalue weighted by Crippen LogP contribution is -2.30. The van der Waals surface area contributed by atoms with Gasteiger partial charge in [-0.15, -0.1) is 0 Å². The first-order valence-electron chi connectivity index (χ1n) is 7.94. The molecule has 1 aliphatic heterocycles. The van der Waals surface area contributed by atoms with Gasteiger partial charge in [0, 0.05) is 12.6 Å². The fourth-order valence-corrected chi connectivity index (χ4v) is 2.77. The van der Waals surface area contributed by atoms with E-state index in [-0.39, 0.29) is 31.2 Å². The average molecular weight is 371 g/mol. The van der Waals surface area contributed by atoms with Crippen molar-refractivity contribution < 1.29 is 23.6 Å². The van der Waals surface area contributed by atoms with E-state index in [1.807, 2.05) is 0 Å². The highest BCUT2D eigenvalue weighted by atomic mass is 16.7. The Morgan fingerprint density at radius 1 is 1.19 bits per heavy atom. The maximum Gasteiger partial charge on any atom is 0.420 e. The van der Waals surface area contributed by atoms with Crippen LogP contribution in [0.25, 0.3) is 11.1 Å². The summed E-state index contributed by atoms with van der Waals surface area (Å²) in [7, 11) is 0. The van der Waals surface area contributed by atoms with E-state index in [4.69, 9.17) is 13.9 Å². The fraction of sp³-hybridized carbons (Fsp3) is 0.176. The Hall–Kier alpha value is -3.82. The summed E-state index contributed by atoms with van der Waals surface area (Å²) in [6.45, 7) is 0.138. The molecule has 3 aromatic rings. The second kappa shape index (κ2) is 6.48. The van der Waals surface area contributed by atoms with Crippen LogP contribution in [-0.4, -0.2) is 22.2 Å². The monoisotopic (exact) mass is 371 g/mol. The molecule has 0 aliphatic carbocycles. The Morgan fingerprint density at radius 3 is 2.81 bits per heavy atom. The predicted molar refractivity (Wildman–Crippen MR) is 91.5 cm³/mol. The summed E-state index contributed by atoms with van der Waals surface area (Å²) in [6, 6.07) is 9.10. The Labute approximate surface area is 151 Å². The molecule has 0 saturated heterocycles. The zero-order valence-electron chi connectivity index (χ0n) is 13.8. The number of carbonyl (C=O) groups excluding carboxylic acids is 1. The number of rotatable bonds is 5. The van der Waals surface area contributed by atoms with Gasteiger partial charge in [0.15, 0.2) is 17.1 Å². The molecular formula is C17H13N3O7. The molecule has 0 fully saturated rings. The third-order valence-corrected chi connectivity index (χ3v) is 4.09. The zero-order valence-corrected chi connectivity index (χ0v) is 13.8. The number of nitrogens with one attached hydrogen (secondary N) is 1. The van der Waals surface area contributed by atoms with Gasteiger partial charge in [0.2, 0.25) is 12.7 Å². The van der Waals surface area contributed by atoms with Gasteiger partial charge in [0.05, 0.1) is 16.5 Å². The highest BCUT2D eigenvalue weighted by Gasteiger charge is 2.17. The third-order valence-electron chi connectivity index (χ3n) is 4.09. The smallest absolute Gasteiger partial charge is 0.420 e. The van der Waals surface area contributed by atoms with Gasteiger partial charge in [0.1, 0.15) is 6.54 Å². The van der Waals surface area contributed by atoms with Crippen molar-refractivity contribution in [2.75, 3.05) is 6.79 Å². The molecule has 0 spiro atoms. The number of benzene rings is 2. The molecule has 27 heavy (non-hydrogen) atoms. The number of oxazole rings is 1. The lowest BCUT2D eigenvalue weighted by atomic mass is 10.2. The summed E-state index contributed by atoms with van der Waals surface area (Å²) in [5, 5.41) is 13.5.